The fraction of sp³-hybridized carbons (Fsp3) is 0.455. The van der Waals surface area contributed by atoms with Gasteiger partial charge in [-0.25, -0.2) is 4.98 Å². The van der Waals surface area contributed by atoms with E-state index in [0.717, 1.165) is 5.69 Å². The molecule has 1 atom stereocenters. The van der Waals surface area contributed by atoms with Gasteiger partial charge in [0.25, 0.3) is 0 Å². The quantitative estimate of drug-likeness (QED) is 0.766. The molecule has 1 fully saturated rings. The van der Waals surface area contributed by atoms with Crippen LogP contribution < -0.4 is 11.1 Å². The normalized spacial score (nSPS) is 16.8. The Labute approximate surface area is 89.1 Å². The van der Waals surface area contributed by atoms with E-state index in [4.69, 9.17) is 11.0 Å². The number of pyridine rings is 1. The van der Waals surface area contributed by atoms with Crippen LogP contribution in [0.4, 0.5) is 5.69 Å². The molecule has 0 spiro atoms. The summed E-state index contributed by atoms with van der Waals surface area (Å²) >= 11 is 0. The van der Waals surface area contributed by atoms with Gasteiger partial charge in [-0.05, 0) is 30.9 Å². The second-order valence-corrected chi connectivity index (χ2v) is 3.89. The van der Waals surface area contributed by atoms with Gasteiger partial charge in [0.15, 0.2) is 5.69 Å². The molecule has 4 nitrogen and oxygen atoms in total. The van der Waals surface area contributed by atoms with Crippen LogP contribution in [-0.2, 0) is 0 Å². The minimum Gasteiger partial charge on any atom is -0.381 e. The van der Waals surface area contributed by atoms with Gasteiger partial charge in [0.2, 0.25) is 0 Å². The van der Waals surface area contributed by atoms with Gasteiger partial charge in [-0.2, -0.15) is 5.26 Å². The smallest absolute Gasteiger partial charge is 0.163 e. The van der Waals surface area contributed by atoms with E-state index < -0.39 is 0 Å². The van der Waals surface area contributed by atoms with E-state index >= 15 is 0 Å². The summed E-state index contributed by atoms with van der Waals surface area (Å²) in [5.41, 5.74) is 7.16. The molecule has 2 rings (SSSR count). The van der Waals surface area contributed by atoms with Crippen molar-refractivity contribution >= 4 is 5.69 Å². The first-order chi connectivity index (χ1) is 7.31. The first kappa shape index (κ1) is 9.94. The molecule has 3 N–H and O–H groups in total. The van der Waals surface area contributed by atoms with Crippen molar-refractivity contribution in [3.63, 3.8) is 0 Å². The molecule has 0 saturated heterocycles. The summed E-state index contributed by atoms with van der Waals surface area (Å²) in [6, 6.07) is 5.90. The molecule has 1 aromatic heterocycles. The van der Waals surface area contributed by atoms with Crippen molar-refractivity contribution in [2.75, 3.05) is 11.9 Å². The Balaban J connectivity index is 1.95. The van der Waals surface area contributed by atoms with Crippen LogP contribution in [0, 0.1) is 17.2 Å². The van der Waals surface area contributed by atoms with Crippen molar-refractivity contribution in [1.82, 2.24) is 4.98 Å². The number of anilines is 1. The third-order valence-corrected chi connectivity index (χ3v) is 2.67. The van der Waals surface area contributed by atoms with Crippen LogP contribution in [0.25, 0.3) is 0 Å². The molecule has 15 heavy (non-hydrogen) atoms. The summed E-state index contributed by atoms with van der Waals surface area (Å²) in [6.45, 7) is 0.713. The van der Waals surface area contributed by atoms with Crippen molar-refractivity contribution in [3.8, 4) is 6.07 Å². The largest absolute Gasteiger partial charge is 0.381 e. The van der Waals surface area contributed by atoms with Crippen LogP contribution in [0.3, 0.4) is 0 Å². The number of rotatable bonds is 4. The summed E-state index contributed by atoms with van der Waals surface area (Å²) in [6.07, 6.45) is 4.09. The number of nitrogens with zero attached hydrogens (tertiary/aromatic N) is 2. The van der Waals surface area contributed by atoms with Crippen LogP contribution in [-0.4, -0.2) is 17.6 Å². The zero-order valence-corrected chi connectivity index (χ0v) is 8.48. The Morgan fingerprint density at radius 2 is 2.47 bits per heavy atom. The van der Waals surface area contributed by atoms with Gasteiger partial charge in [0.1, 0.15) is 6.07 Å². The molecule has 1 heterocycles. The maximum atomic E-state index is 8.82. The Hall–Kier alpha value is -1.60. The summed E-state index contributed by atoms with van der Waals surface area (Å²) in [7, 11) is 0. The fourth-order valence-corrected chi connectivity index (χ4v) is 1.56. The van der Waals surface area contributed by atoms with Crippen molar-refractivity contribution in [1.29, 1.82) is 5.26 Å². The van der Waals surface area contributed by atoms with Crippen molar-refractivity contribution in [2.24, 2.45) is 11.7 Å². The van der Waals surface area contributed by atoms with E-state index in [1.165, 1.54) is 12.8 Å². The maximum Gasteiger partial charge on any atom is 0.163 e. The number of hydrogen-bond donors (Lipinski definition) is 2. The first-order valence-corrected chi connectivity index (χ1v) is 5.16. The molecule has 0 bridgehead atoms. The van der Waals surface area contributed by atoms with Crippen molar-refractivity contribution in [2.45, 2.75) is 18.9 Å². The molecule has 78 valence electrons. The number of nitrogens with two attached hydrogens (primary N) is 1. The molecule has 0 amide bonds. The summed E-state index contributed by atoms with van der Waals surface area (Å²) in [4.78, 5) is 3.97. The third kappa shape index (κ3) is 2.45. The first-order valence-electron chi connectivity index (χ1n) is 5.16. The lowest BCUT2D eigenvalue weighted by atomic mass is 10.2. The predicted octanol–water partition coefficient (Wildman–Crippen LogP) is 1.10. The SMILES string of the molecule is N#Cc1ncccc1NCC(N)C1CC1. The molecule has 1 aliphatic carbocycles. The Morgan fingerprint density at radius 1 is 1.67 bits per heavy atom. The average Bonchev–Trinajstić information content (AvgIpc) is 3.10. The minimum absolute atomic E-state index is 0.191. The lowest BCUT2D eigenvalue weighted by molar-refractivity contribution is 0.621. The standard InChI is InChI=1S/C11H14N4/c12-6-11-10(2-1-5-14-11)15-7-9(13)8-3-4-8/h1-2,5,8-9,15H,3-4,7,13H2. The van der Waals surface area contributed by atoms with Crippen LogP contribution in [0.1, 0.15) is 18.5 Å². The van der Waals surface area contributed by atoms with Gasteiger partial charge < -0.3 is 11.1 Å². The molecule has 0 aliphatic heterocycles. The van der Waals surface area contributed by atoms with Gasteiger partial charge in [-0.3, -0.25) is 0 Å². The third-order valence-electron chi connectivity index (χ3n) is 2.67. The van der Waals surface area contributed by atoms with E-state index in [1.807, 2.05) is 18.2 Å². The number of nitrogens with one attached hydrogen (secondary N) is 1. The van der Waals surface area contributed by atoms with Crippen LogP contribution >= 0.6 is 0 Å². The predicted molar refractivity (Wildman–Crippen MR) is 58.1 cm³/mol. The Kier molecular flexibility index (Phi) is 2.84. The Morgan fingerprint density at radius 3 is 3.13 bits per heavy atom. The highest BCUT2D eigenvalue weighted by atomic mass is 14.9. The molecule has 4 heteroatoms. The lowest BCUT2D eigenvalue weighted by Crippen LogP contribution is -2.31. The molecule has 1 unspecified atom stereocenters. The van der Waals surface area contributed by atoms with E-state index in [2.05, 4.69) is 10.3 Å². The van der Waals surface area contributed by atoms with E-state index in [-0.39, 0.29) is 6.04 Å². The van der Waals surface area contributed by atoms with Crippen LogP contribution in [0.2, 0.25) is 0 Å². The molecule has 1 aliphatic rings. The Bertz CT molecular complexity index is 378. The van der Waals surface area contributed by atoms with Gasteiger partial charge >= 0.3 is 0 Å². The summed E-state index contributed by atoms with van der Waals surface area (Å²) < 4.78 is 0. The molecular formula is C11H14N4. The zero-order valence-electron chi connectivity index (χ0n) is 8.48. The van der Waals surface area contributed by atoms with Gasteiger partial charge in [-0.1, -0.05) is 0 Å². The molecule has 1 saturated carbocycles. The minimum atomic E-state index is 0.191. The number of nitriles is 1. The zero-order chi connectivity index (χ0) is 10.7. The van der Waals surface area contributed by atoms with Crippen LogP contribution in [0.15, 0.2) is 18.3 Å². The van der Waals surface area contributed by atoms with Crippen molar-refractivity contribution < 1.29 is 0 Å². The average molecular weight is 202 g/mol. The molecule has 1 aromatic rings. The topological polar surface area (TPSA) is 74.7 Å². The second kappa shape index (κ2) is 4.28. The van der Waals surface area contributed by atoms with E-state index in [0.29, 0.717) is 18.2 Å². The monoisotopic (exact) mass is 202 g/mol. The summed E-state index contributed by atoms with van der Waals surface area (Å²) in [5.74, 6) is 0.666. The fourth-order valence-electron chi connectivity index (χ4n) is 1.56. The highest BCUT2D eigenvalue weighted by Gasteiger charge is 2.28. The highest BCUT2D eigenvalue weighted by molar-refractivity contribution is 5.53. The van der Waals surface area contributed by atoms with Gasteiger partial charge in [-0.15, -0.1) is 0 Å². The molecule has 0 radical (unpaired) electrons. The molecular weight excluding hydrogens is 188 g/mol. The lowest BCUT2D eigenvalue weighted by Gasteiger charge is -2.12. The maximum absolute atomic E-state index is 8.82. The second-order valence-electron chi connectivity index (χ2n) is 3.89. The van der Waals surface area contributed by atoms with Gasteiger partial charge in [0, 0.05) is 18.8 Å². The number of aromatic nitrogens is 1. The molecule has 0 aromatic carbocycles. The van der Waals surface area contributed by atoms with Crippen molar-refractivity contribution in [3.05, 3.63) is 24.0 Å². The van der Waals surface area contributed by atoms with Gasteiger partial charge in [0.05, 0.1) is 5.69 Å². The highest BCUT2D eigenvalue weighted by Crippen LogP contribution is 2.31. The number of hydrogen-bond acceptors (Lipinski definition) is 4. The van der Waals surface area contributed by atoms with E-state index in [9.17, 15) is 0 Å². The van der Waals surface area contributed by atoms with E-state index in [1.54, 1.807) is 6.20 Å². The summed E-state index contributed by atoms with van der Waals surface area (Å²) in [5, 5.41) is 12.0. The van der Waals surface area contributed by atoms with Crippen LogP contribution in [0.5, 0.6) is 0 Å².